The lowest BCUT2D eigenvalue weighted by Gasteiger charge is -2.25. The Hall–Kier alpha value is -0.0800. The van der Waals surface area contributed by atoms with Crippen LogP contribution in [0.5, 0.6) is 0 Å². The van der Waals surface area contributed by atoms with Crippen LogP contribution in [-0.2, 0) is 4.74 Å². The molecule has 0 aromatic carbocycles. The van der Waals surface area contributed by atoms with Crippen LogP contribution in [0.3, 0.4) is 0 Å². The Morgan fingerprint density at radius 2 is 2.23 bits per heavy atom. The van der Waals surface area contributed by atoms with Gasteiger partial charge in [0.2, 0.25) is 0 Å². The molecule has 0 aromatic heterocycles. The Bertz CT molecular complexity index is 123. The highest BCUT2D eigenvalue weighted by molar-refractivity contribution is 4.69. The lowest BCUT2D eigenvalue weighted by molar-refractivity contribution is 0.000172. The van der Waals surface area contributed by atoms with Gasteiger partial charge in [-0.15, -0.1) is 0 Å². The van der Waals surface area contributed by atoms with Crippen molar-refractivity contribution in [2.45, 2.75) is 58.1 Å². The Labute approximate surface area is 82.0 Å². The van der Waals surface area contributed by atoms with Crippen molar-refractivity contribution in [2.75, 3.05) is 13.2 Å². The minimum Gasteiger partial charge on any atom is -0.378 e. The second kappa shape index (κ2) is 6.39. The van der Waals surface area contributed by atoms with Crippen LogP contribution in [0.25, 0.3) is 0 Å². The first-order valence-electron chi connectivity index (χ1n) is 5.68. The molecule has 0 aliphatic heterocycles. The second-order valence-electron chi connectivity index (χ2n) is 4.02. The summed E-state index contributed by atoms with van der Waals surface area (Å²) in [5.74, 6) is 0. The minimum absolute atomic E-state index is 0.606. The highest BCUT2D eigenvalue weighted by atomic mass is 16.5. The molecule has 1 rings (SSSR count). The van der Waals surface area contributed by atoms with Gasteiger partial charge >= 0.3 is 0 Å². The van der Waals surface area contributed by atoms with E-state index in [1.165, 1.54) is 32.1 Å². The first kappa shape index (κ1) is 11.0. The molecule has 1 aliphatic carbocycles. The zero-order valence-corrected chi connectivity index (χ0v) is 9.01. The smallest absolute Gasteiger partial charge is 0.0575 e. The van der Waals surface area contributed by atoms with Crippen molar-refractivity contribution in [1.82, 2.24) is 5.32 Å². The van der Waals surface area contributed by atoms with Gasteiger partial charge in [-0.2, -0.15) is 0 Å². The third kappa shape index (κ3) is 4.63. The maximum Gasteiger partial charge on any atom is 0.0575 e. The average Bonchev–Trinajstić information content (AvgIpc) is 2.01. The fourth-order valence-electron chi connectivity index (χ4n) is 1.63. The number of hydrogen-bond donors (Lipinski definition) is 1. The normalized spacial score (nSPS) is 19.8. The van der Waals surface area contributed by atoms with E-state index in [9.17, 15) is 0 Å². The van der Waals surface area contributed by atoms with Crippen LogP contribution in [0.1, 0.15) is 46.0 Å². The van der Waals surface area contributed by atoms with E-state index in [1.807, 2.05) is 0 Å². The van der Waals surface area contributed by atoms with Crippen LogP contribution in [-0.4, -0.2) is 25.3 Å². The van der Waals surface area contributed by atoms with E-state index in [4.69, 9.17) is 4.74 Å². The van der Waals surface area contributed by atoms with E-state index in [1.54, 1.807) is 0 Å². The summed E-state index contributed by atoms with van der Waals surface area (Å²) >= 11 is 0. The van der Waals surface area contributed by atoms with Gasteiger partial charge in [-0.3, -0.25) is 0 Å². The molecule has 0 bridgehead atoms. The van der Waals surface area contributed by atoms with Gasteiger partial charge in [-0.25, -0.2) is 0 Å². The molecule has 2 heteroatoms. The van der Waals surface area contributed by atoms with E-state index >= 15 is 0 Å². The highest BCUT2D eigenvalue weighted by Crippen LogP contribution is 2.21. The van der Waals surface area contributed by atoms with Crippen LogP contribution in [0, 0.1) is 0 Å². The SMILES string of the molecule is CCNC(C)CCCOC1CCC1. The van der Waals surface area contributed by atoms with E-state index in [2.05, 4.69) is 19.2 Å². The second-order valence-corrected chi connectivity index (χ2v) is 4.02. The molecule has 1 unspecified atom stereocenters. The van der Waals surface area contributed by atoms with Gasteiger partial charge in [0, 0.05) is 12.6 Å². The van der Waals surface area contributed by atoms with E-state index in [0.29, 0.717) is 12.1 Å². The van der Waals surface area contributed by atoms with Gasteiger partial charge in [0.05, 0.1) is 6.10 Å². The van der Waals surface area contributed by atoms with Crippen LogP contribution in [0.4, 0.5) is 0 Å². The molecule has 2 nitrogen and oxygen atoms in total. The lowest BCUT2D eigenvalue weighted by atomic mass is 9.96. The Balaban J connectivity index is 1.82. The monoisotopic (exact) mass is 185 g/mol. The average molecular weight is 185 g/mol. The first-order chi connectivity index (χ1) is 6.33. The van der Waals surface area contributed by atoms with Crippen molar-refractivity contribution in [1.29, 1.82) is 0 Å². The quantitative estimate of drug-likeness (QED) is 0.615. The van der Waals surface area contributed by atoms with Crippen molar-refractivity contribution >= 4 is 0 Å². The molecule has 13 heavy (non-hydrogen) atoms. The molecule has 0 spiro atoms. The predicted molar refractivity (Wildman–Crippen MR) is 56.0 cm³/mol. The molecule has 0 saturated heterocycles. The van der Waals surface area contributed by atoms with Gasteiger partial charge in [0.1, 0.15) is 0 Å². The molecule has 1 atom stereocenters. The summed E-state index contributed by atoms with van der Waals surface area (Å²) in [5.41, 5.74) is 0. The molecule has 0 heterocycles. The van der Waals surface area contributed by atoms with E-state index in [0.717, 1.165) is 13.2 Å². The summed E-state index contributed by atoms with van der Waals surface area (Å²) in [6, 6.07) is 0.648. The summed E-state index contributed by atoms with van der Waals surface area (Å²) in [7, 11) is 0. The number of ether oxygens (including phenoxy) is 1. The zero-order valence-electron chi connectivity index (χ0n) is 9.01. The maximum atomic E-state index is 5.68. The fraction of sp³-hybridized carbons (Fsp3) is 1.00. The molecule has 0 amide bonds. The topological polar surface area (TPSA) is 21.3 Å². The van der Waals surface area contributed by atoms with Gasteiger partial charge in [-0.05, 0) is 45.6 Å². The molecule has 78 valence electrons. The molecular weight excluding hydrogens is 162 g/mol. The van der Waals surface area contributed by atoms with Crippen molar-refractivity contribution in [2.24, 2.45) is 0 Å². The first-order valence-corrected chi connectivity index (χ1v) is 5.68. The highest BCUT2D eigenvalue weighted by Gasteiger charge is 2.17. The lowest BCUT2D eigenvalue weighted by Crippen LogP contribution is -2.26. The van der Waals surface area contributed by atoms with Crippen LogP contribution in [0.2, 0.25) is 0 Å². The van der Waals surface area contributed by atoms with Crippen LogP contribution in [0.15, 0.2) is 0 Å². The third-order valence-corrected chi connectivity index (χ3v) is 2.74. The van der Waals surface area contributed by atoms with Crippen molar-refractivity contribution < 1.29 is 4.74 Å². The Morgan fingerprint density at radius 1 is 1.46 bits per heavy atom. The number of nitrogens with one attached hydrogen (secondary N) is 1. The van der Waals surface area contributed by atoms with Gasteiger partial charge < -0.3 is 10.1 Å². The summed E-state index contributed by atoms with van der Waals surface area (Å²) in [4.78, 5) is 0. The predicted octanol–water partition coefficient (Wildman–Crippen LogP) is 2.33. The van der Waals surface area contributed by atoms with Crippen molar-refractivity contribution in [3.63, 3.8) is 0 Å². The summed E-state index contributed by atoms with van der Waals surface area (Å²) in [6.07, 6.45) is 7.00. The number of rotatable bonds is 7. The Kier molecular flexibility index (Phi) is 5.40. The molecule has 1 N–H and O–H groups in total. The van der Waals surface area contributed by atoms with Crippen molar-refractivity contribution in [3.05, 3.63) is 0 Å². The molecule has 0 aromatic rings. The van der Waals surface area contributed by atoms with E-state index in [-0.39, 0.29) is 0 Å². The summed E-state index contributed by atoms with van der Waals surface area (Å²) < 4.78 is 5.68. The summed E-state index contributed by atoms with van der Waals surface area (Å²) in [5, 5.41) is 3.41. The minimum atomic E-state index is 0.606. The molecular formula is C11H23NO. The van der Waals surface area contributed by atoms with Gasteiger partial charge in [0.15, 0.2) is 0 Å². The van der Waals surface area contributed by atoms with Crippen LogP contribution >= 0.6 is 0 Å². The fourth-order valence-corrected chi connectivity index (χ4v) is 1.63. The van der Waals surface area contributed by atoms with Gasteiger partial charge in [-0.1, -0.05) is 6.92 Å². The summed E-state index contributed by atoms with van der Waals surface area (Å²) in [6.45, 7) is 6.43. The molecule has 1 aliphatic rings. The van der Waals surface area contributed by atoms with E-state index < -0.39 is 0 Å². The van der Waals surface area contributed by atoms with Gasteiger partial charge in [0.25, 0.3) is 0 Å². The maximum absolute atomic E-state index is 5.68. The molecule has 0 radical (unpaired) electrons. The Morgan fingerprint density at radius 3 is 2.77 bits per heavy atom. The van der Waals surface area contributed by atoms with Crippen LogP contribution < -0.4 is 5.32 Å². The number of hydrogen-bond acceptors (Lipinski definition) is 2. The molecule has 1 fully saturated rings. The zero-order chi connectivity index (χ0) is 9.52. The van der Waals surface area contributed by atoms with Crippen molar-refractivity contribution in [3.8, 4) is 0 Å². The third-order valence-electron chi connectivity index (χ3n) is 2.74. The molecule has 1 saturated carbocycles. The standard InChI is InChI=1S/C11H23NO/c1-3-12-10(2)6-5-9-13-11-7-4-8-11/h10-12H,3-9H2,1-2H3. The largest absolute Gasteiger partial charge is 0.378 e.